The van der Waals surface area contributed by atoms with E-state index in [0.29, 0.717) is 5.75 Å². The fourth-order valence-corrected chi connectivity index (χ4v) is 5.64. The van der Waals surface area contributed by atoms with E-state index in [0.717, 1.165) is 15.4 Å². The van der Waals surface area contributed by atoms with Crippen molar-refractivity contribution in [1.82, 2.24) is 10.2 Å². The lowest BCUT2D eigenvalue weighted by atomic mass is 10.1. The highest BCUT2D eigenvalue weighted by Crippen LogP contribution is 2.33. The van der Waals surface area contributed by atoms with E-state index in [1.807, 2.05) is 45.0 Å². The summed E-state index contributed by atoms with van der Waals surface area (Å²) in [5.41, 5.74) is 2.02. The summed E-state index contributed by atoms with van der Waals surface area (Å²) in [6.45, 7) is 6.81. The van der Waals surface area contributed by atoms with Crippen LogP contribution in [-0.4, -0.2) is 58.0 Å². The average molecular weight is 568 g/mol. The lowest BCUT2D eigenvalue weighted by Crippen LogP contribution is -2.52. The number of carbonyl (C=O) groups is 2. The highest BCUT2D eigenvalue weighted by molar-refractivity contribution is 7.92. The second-order valence-corrected chi connectivity index (χ2v) is 11.6. The first-order chi connectivity index (χ1) is 19.0. The Labute approximate surface area is 236 Å². The van der Waals surface area contributed by atoms with E-state index in [-0.39, 0.29) is 34.8 Å². The fourth-order valence-electron chi connectivity index (χ4n) is 4.22. The van der Waals surface area contributed by atoms with Crippen molar-refractivity contribution in [3.8, 4) is 11.5 Å². The Morgan fingerprint density at radius 1 is 0.900 bits per heavy atom. The van der Waals surface area contributed by atoms with Crippen molar-refractivity contribution in [1.29, 1.82) is 0 Å². The molecule has 0 fully saturated rings. The summed E-state index contributed by atoms with van der Waals surface area (Å²) in [5.74, 6) is -0.106. The molecule has 2 amide bonds. The van der Waals surface area contributed by atoms with Crippen LogP contribution < -0.4 is 19.1 Å². The number of aryl methyl sites for hydroxylation is 1. The minimum absolute atomic E-state index is 0.0251. The molecule has 0 unspecified atom stereocenters. The molecule has 0 aliphatic carbocycles. The van der Waals surface area contributed by atoms with E-state index in [2.05, 4.69) is 5.32 Å². The van der Waals surface area contributed by atoms with Crippen molar-refractivity contribution in [3.63, 3.8) is 0 Å². The number of hydrogen-bond donors (Lipinski definition) is 1. The Bertz CT molecular complexity index is 1420. The number of hydrogen-bond acceptors (Lipinski definition) is 6. The number of para-hydroxylation sites is 2. The van der Waals surface area contributed by atoms with Gasteiger partial charge in [-0.25, -0.2) is 8.42 Å². The zero-order valence-electron chi connectivity index (χ0n) is 23.7. The molecule has 0 radical (unpaired) electrons. The van der Waals surface area contributed by atoms with Gasteiger partial charge in [0.15, 0.2) is 0 Å². The van der Waals surface area contributed by atoms with Gasteiger partial charge in [-0.05, 0) is 69.7 Å². The van der Waals surface area contributed by atoms with Crippen molar-refractivity contribution in [3.05, 3.63) is 83.9 Å². The Balaban J connectivity index is 2.07. The Hall–Kier alpha value is -4.05. The lowest BCUT2D eigenvalue weighted by molar-refractivity contribution is -0.139. The van der Waals surface area contributed by atoms with Crippen molar-refractivity contribution in [2.24, 2.45) is 0 Å². The third kappa shape index (κ3) is 7.32. The molecule has 0 heterocycles. The van der Waals surface area contributed by atoms with Gasteiger partial charge in [0, 0.05) is 12.6 Å². The molecule has 40 heavy (non-hydrogen) atoms. The van der Waals surface area contributed by atoms with E-state index in [4.69, 9.17) is 9.47 Å². The Kier molecular flexibility index (Phi) is 10.2. The van der Waals surface area contributed by atoms with Gasteiger partial charge in [0.2, 0.25) is 11.8 Å². The van der Waals surface area contributed by atoms with Gasteiger partial charge in [0.05, 0.1) is 24.8 Å². The van der Waals surface area contributed by atoms with Crippen LogP contribution in [0.3, 0.4) is 0 Å². The molecule has 0 aliphatic rings. The number of rotatable bonds is 12. The van der Waals surface area contributed by atoms with Crippen LogP contribution in [0.25, 0.3) is 0 Å². The van der Waals surface area contributed by atoms with E-state index < -0.39 is 28.5 Å². The van der Waals surface area contributed by atoms with E-state index in [1.54, 1.807) is 31.2 Å². The summed E-state index contributed by atoms with van der Waals surface area (Å²) in [5, 5.41) is 2.85. The van der Waals surface area contributed by atoms with Crippen molar-refractivity contribution >= 4 is 27.5 Å². The molecule has 1 N–H and O–H groups in total. The standard InChI is InChI=1S/C30H37N3O6S/c1-21(2)31-30(35)23(4)32(19-24-11-9-10-22(3)18-24)29(34)20-33(27-12-7-8-13-28(27)39-6)40(36,37)26-16-14-25(38-5)15-17-26/h7-18,21,23H,19-20H2,1-6H3,(H,31,35)/t23-/m0/s1. The highest BCUT2D eigenvalue weighted by atomic mass is 32.2. The molecule has 0 saturated carbocycles. The van der Waals surface area contributed by atoms with Crippen molar-refractivity contribution < 1.29 is 27.5 Å². The molecule has 3 aromatic rings. The van der Waals surface area contributed by atoms with Crippen LogP contribution in [0.4, 0.5) is 5.69 Å². The smallest absolute Gasteiger partial charge is 0.264 e. The van der Waals surface area contributed by atoms with Gasteiger partial charge in [-0.1, -0.05) is 42.0 Å². The lowest BCUT2D eigenvalue weighted by Gasteiger charge is -2.32. The molecule has 10 heteroatoms. The molecule has 0 bridgehead atoms. The summed E-state index contributed by atoms with van der Waals surface area (Å²) in [6, 6.07) is 19.1. The maximum atomic E-state index is 14.0. The molecule has 3 rings (SSSR count). The third-order valence-electron chi connectivity index (χ3n) is 6.31. The van der Waals surface area contributed by atoms with Crippen molar-refractivity contribution in [2.75, 3.05) is 25.1 Å². The Morgan fingerprint density at radius 3 is 2.17 bits per heavy atom. The van der Waals surface area contributed by atoms with Gasteiger partial charge in [-0.2, -0.15) is 0 Å². The Morgan fingerprint density at radius 2 is 1.57 bits per heavy atom. The normalized spacial score (nSPS) is 12.0. The molecule has 214 valence electrons. The maximum Gasteiger partial charge on any atom is 0.264 e. The molecule has 0 saturated heterocycles. The zero-order valence-corrected chi connectivity index (χ0v) is 24.6. The minimum atomic E-state index is -4.24. The molecule has 3 aromatic carbocycles. The molecular weight excluding hydrogens is 530 g/mol. The monoisotopic (exact) mass is 567 g/mol. The predicted octanol–water partition coefficient (Wildman–Crippen LogP) is 4.15. The molecule has 0 aliphatic heterocycles. The molecule has 0 aromatic heterocycles. The second-order valence-electron chi connectivity index (χ2n) is 9.71. The van der Waals surface area contributed by atoms with E-state index >= 15 is 0 Å². The van der Waals surface area contributed by atoms with Crippen LogP contribution in [0.5, 0.6) is 11.5 Å². The first kappa shape index (κ1) is 30.5. The number of nitrogens with one attached hydrogen (secondary N) is 1. The molecular formula is C30H37N3O6S. The topological polar surface area (TPSA) is 105 Å². The number of ether oxygens (including phenoxy) is 2. The van der Waals surface area contributed by atoms with E-state index in [1.165, 1.54) is 43.4 Å². The van der Waals surface area contributed by atoms with Crippen LogP contribution in [-0.2, 0) is 26.2 Å². The SMILES string of the molecule is COc1ccc(S(=O)(=O)N(CC(=O)N(Cc2cccc(C)c2)[C@@H](C)C(=O)NC(C)C)c2ccccc2OC)cc1. The van der Waals surface area contributed by atoms with Crippen LogP contribution >= 0.6 is 0 Å². The van der Waals surface area contributed by atoms with E-state index in [9.17, 15) is 18.0 Å². The maximum absolute atomic E-state index is 14.0. The summed E-state index contributed by atoms with van der Waals surface area (Å²) < 4.78 is 39.6. The predicted molar refractivity (Wildman–Crippen MR) is 155 cm³/mol. The van der Waals surface area contributed by atoms with Gasteiger partial charge in [0.1, 0.15) is 24.1 Å². The minimum Gasteiger partial charge on any atom is -0.497 e. The number of sulfonamides is 1. The summed E-state index contributed by atoms with van der Waals surface area (Å²) in [7, 11) is -1.31. The highest BCUT2D eigenvalue weighted by Gasteiger charge is 2.34. The van der Waals surface area contributed by atoms with Gasteiger partial charge in [0.25, 0.3) is 10.0 Å². The molecule has 9 nitrogen and oxygen atoms in total. The molecule has 1 atom stereocenters. The second kappa shape index (κ2) is 13.3. The quantitative estimate of drug-likeness (QED) is 0.353. The van der Waals surface area contributed by atoms with Crippen molar-refractivity contribution in [2.45, 2.75) is 51.2 Å². The third-order valence-corrected chi connectivity index (χ3v) is 8.09. The number of carbonyl (C=O) groups excluding carboxylic acids is 2. The summed E-state index contributed by atoms with van der Waals surface area (Å²) >= 11 is 0. The summed E-state index contributed by atoms with van der Waals surface area (Å²) in [4.78, 5) is 28.4. The average Bonchev–Trinajstić information content (AvgIpc) is 2.93. The van der Waals surface area contributed by atoms with Gasteiger partial charge in [-0.15, -0.1) is 0 Å². The van der Waals surface area contributed by atoms with Gasteiger partial charge < -0.3 is 19.7 Å². The number of methoxy groups -OCH3 is 2. The number of anilines is 1. The summed E-state index contributed by atoms with van der Waals surface area (Å²) in [6.07, 6.45) is 0. The van der Waals surface area contributed by atoms with Crippen LogP contribution in [0.2, 0.25) is 0 Å². The number of benzene rings is 3. The first-order valence-electron chi connectivity index (χ1n) is 12.9. The van der Waals surface area contributed by atoms with Crippen LogP contribution in [0.15, 0.2) is 77.7 Å². The first-order valence-corrected chi connectivity index (χ1v) is 14.4. The molecule has 0 spiro atoms. The number of nitrogens with zero attached hydrogens (tertiary/aromatic N) is 2. The van der Waals surface area contributed by atoms with Gasteiger partial charge in [-0.3, -0.25) is 13.9 Å². The zero-order chi connectivity index (χ0) is 29.4. The van der Waals surface area contributed by atoms with Crippen LogP contribution in [0, 0.1) is 6.92 Å². The fraction of sp³-hybridized carbons (Fsp3) is 0.333. The van der Waals surface area contributed by atoms with Gasteiger partial charge >= 0.3 is 0 Å². The largest absolute Gasteiger partial charge is 0.497 e. The number of amides is 2. The van der Waals surface area contributed by atoms with Crippen LogP contribution in [0.1, 0.15) is 31.9 Å².